The maximum atomic E-state index is 11.6. The largest absolute Gasteiger partial charge is 0.338 e. The number of amides is 2. The average Bonchev–Trinajstić information content (AvgIpc) is 2.70. The molecule has 0 heterocycles. The number of nitrogens with zero attached hydrogens (tertiary/aromatic N) is 1. The second-order valence-electron chi connectivity index (χ2n) is 4.62. The Balaban J connectivity index is 2.14. The Morgan fingerprint density at radius 1 is 1.40 bits per heavy atom. The summed E-state index contributed by atoms with van der Waals surface area (Å²) < 4.78 is 0. The van der Waals surface area contributed by atoms with E-state index < -0.39 is 0 Å². The zero-order valence-corrected chi connectivity index (χ0v) is 10.1. The molecule has 3 heteroatoms. The van der Waals surface area contributed by atoms with E-state index in [1.807, 2.05) is 11.9 Å². The van der Waals surface area contributed by atoms with Gasteiger partial charge < -0.3 is 10.2 Å². The first-order chi connectivity index (χ1) is 7.24. The molecule has 0 radical (unpaired) electrons. The quantitative estimate of drug-likeness (QED) is 0.698. The predicted octanol–water partition coefficient (Wildman–Crippen LogP) is 2.62. The summed E-state index contributed by atoms with van der Waals surface area (Å²) in [6.45, 7) is 3.87. The standard InChI is InChI=1S/C12H24N2O/c1-3-4-9-13-12(15)14(2)10-11-7-5-6-8-11/h11H,3-10H2,1-2H3,(H,13,15). The fourth-order valence-electron chi connectivity index (χ4n) is 2.17. The second-order valence-corrected chi connectivity index (χ2v) is 4.62. The summed E-state index contributed by atoms with van der Waals surface area (Å²) in [4.78, 5) is 13.5. The smallest absolute Gasteiger partial charge is 0.317 e. The van der Waals surface area contributed by atoms with Crippen LogP contribution < -0.4 is 5.32 Å². The van der Waals surface area contributed by atoms with Gasteiger partial charge in [-0.05, 0) is 25.2 Å². The van der Waals surface area contributed by atoms with Crippen molar-refractivity contribution in [2.24, 2.45) is 5.92 Å². The van der Waals surface area contributed by atoms with Crippen molar-refractivity contribution in [3.05, 3.63) is 0 Å². The van der Waals surface area contributed by atoms with Crippen LogP contribution in [0.15, 0.2) is 0 Å². The van der Waals surface area contributed by atoms with Crippen molar-refractivity contribution in [3.8, 4) is 0 Å². The van der Waals surface area contributed by atoms with E-state index in [-0.39, 0.29) is 6.03 Å². The number of hydrogen-bond acceptors (Lipinski definition) is 1. The number of carbonyl (C=O) groups is 1. The molecule has 0 spiro atoms. The van der Waals surface area contributed by atoms with Gasteiger partial charge in [-0.25, -0.2) is 4.79 Å². The highest BCUT2D eigenvalue weighted by atomic mass is 16.2. The molecule has 0 atom stereocenters. The highest BCUT2D eigenvalue weighted by Gasteiger charge is 2.18. The zero-order chi connectivity index (χ0) is 11.1. The predicted molar refractivity (Wildman–Crippen MR) is 62.9 cm³/mol. The minimum atomic E-state index is 0.0929. The molecule has 1 N–H and O–H groups in total. The molecule has 2 amide bonds. The van der Waals surface area contributed by atoms with Crippen molar-refractivity contribution in [2.75, 3.05) is 20.1 Å². The van der Waals surface area contributed by atoms with Crippen LogP contribution in [0.3, 0.4) is 0 Å². The number of nitrogens with one attached hydrogen (secondary N) is 1. The monoisotopic (exact) mass is 212 g/mol. The lowest BCUT2D eigenvalue weighted by molar-refractivity contribution is 0.200. The summed E-state index contributed by atoms with van der Waals surface area (Å²) in [5.41, 5.74) is 0. The van der Waals surface area contributed by atoms with Crippen molar-refractivity contribution in [1.82, 2.24) is 10.2 Å². The molecule has 3 nitrogen and oxygen atoms in total. The summed E-state index contributed by atoms with van der Waals surface area (Å²) in [5.74, 6) is 0.743. The van der Waals surface area contributed by atoms with Crippen LogP contribution in [0.2, 0.25) is 0 Å². The van der Waals surface area contributed by atoms with Crippen LogP contribution in [0, 0.1) is 5.92 Å². The molecular weight excluding hydrogens is 188 g/mol. The van der Waals surface area contributed by atoms with Gasteiger partial charge in [0.1, 0.15) is 0 Å². The summed E-state index contributed by atoms with van der Waals surface area (Å²) in [5, 5.41) is 2.94. The molecule has 1 aliphatic carbocycles. The maximum absolute atomic E-state index is 11.6. The summed E-state index contributed by atoms with van der Waals surface area (Å²) in [7, 11) is 1.90. The Morgan fingerprint density at radius 2 is 2.07 bits per heavy atom. The maximum Gasteiger partial charge on any atom is 0.317 e. The first-order valence-electron chi connectivity index (χ1n) is 6.23. The van der Waals surface area contributed by atoms with Crippen molar-refractivity contribution in [1.29, 1.82) is 0 Å². The molecule has 0 unspecified atom stereocenters. The molecule has 1 saturated carbocycles. The van der Waals surface area contributed by atoms with Gasteiger partial charge in [0.25, 0.3) is 0 Å². The molecule has 1 aliphatic rings. The van der Waals surface area contributed by atoms with Gasteiger partial charge in [-0.15, -0.1) is 0 Å². The lowest BCUT2D eigenvalue weighted by atomic mass is 10.1. The molecule has 0 aromatic rings. The Hall–Kier alpha value is -0.730. The summed E-state index contributed by atoms with van der Waals surface area (Å²) in [6.07, 6.45) is 7.49. The first kappa shape index (κ1) is 12.3. The van der Waals surface area contributed by atoms with Gasteiger partial charge in [-0.1, -0.05) is 26.2 Å². The van der Waals surface area contributed by atoms with Crippen LogP contribution >= 0.6 is 0 Å². The van der Waals surface area contributed by atoms with Crippen molar-refractivity contribution in [2.45, 2.75) is 45.4 Å². The lowest BCUT2D eigenvalue weighted by Gasteiger charge is -2.21. The summed E-state index contributed by atoms with van der Waals surface area (Å²) in [6, 6.07) is 0.0929. The SMILES string of the molecule is CCCCNC(=O)N(C)CC1CCCC1. The molecule has 0 aromatic heterocycles. The Bertz CT molecular complexity index is 188. The van der Waals surface area contributed by atoms with E-state index in [0.29, 0.717) is 0 Å². The molecule has 15 heavy (non-hydrogen) atoms. The lowest BCUT2D eigenvalue weighted by Crippen LogP contribution is -2.39. The van der Waals surface area contributed by atoms with E-state index in [4.69, 9.17) is 0 Å². The van der Waals surface area contributed by atoms with Gasteiger partial charge >= 0.3 is 6.03 Å². The van der Waals surface area contributed by atoms with Gasteiger partial charge in [0.15, 0.2) is 0 Å². The van der Waals surface area contributed by atoms with E-state index >= 15 is 0 Å². The van der Waals surface area contributed by atoms with Gasteiger partial charge in [0, 0.05) is 20.1 Å². The van der Waals surface area contributed by atoms with E-state index in [9.17, 15) is 4.79 Å². The van der Waals surface area contributed by atoms with E-state index in [1.54, 1.807) is 0 Å². The number of carbonyl (C=O) groups excluding carboxylic acids is 1. The molecule has 0 aromatic carbocycles. The van der Waals surface area contributed by atoms with Gasteiger partial charge in [-0.2, -0.15) is 0 Å². The van der Waals surface area contributed by atoms with E-state index in [1.165, 1.54) is 25.7 Å². The Labute approximate surface area is 93.2 Å². The second kappa shape index (κ2) is 6.70. The van der Waals surface area contributed by atoms with Crippen molar-refractivity contribution in [3.63, 3.8) is 0 Å². The number of urea groups is 1. The molecular formula is C12H24N2O. The third-order valence-electron chi connectivity index (χ3n) is 3.16. The van der Waals surface area contributed by atoms with Crippen LogP contribution in [0.5, 0.6) is 0 Å². The average molecular weight is 212 g/mol. The Kier molecular flexibility index (Phi) is 5.51. The Morgan fingerprint density at radius 3 is 2.67 bits per heavy atom. The van der Waals surface area contributed by atoms with Crippen LogP contribution in [-0.4, -0.2) is 31.1 Å². The molecule has 0 saturated heterocycles. The van der Waals surface area contributed by atoms with Crippen LogP contribution in [-0.2, 0) is 0 Å². The van der Waals surface area contributed by atoms with Gasteiger partial charge in [0.05, 0.1) is 0 Å². The molecule has 1 rings (SSSR count). The minimum Gasteiger partial charge on any atom is -0.338 e. The number of hydrogen-bond donors (Lipinski definition) is 1. The van der Waals surface area contributed by atoms with Gasteiger partial charge in [-0.3, -0.25) is 0 Å². The minimum absolute atomic E-state index is 0.0929. The van der Waals surface area contributed by atoms with Crippen LogP contribution in [0.25, 0.3) is 0 Å². The van der Waals surface area contributed by atoms with E-state index in [2.05, 4.69) is 12.2 Å². The number of unbranched alkanes of at least 4 members (excludes halogenated alkanes) is 1. The first-order valence-corrected chi connectivity index (χ1v) is 6.23. The van der Waals surface area contributed by atoms with Gasteiger partial charge in [0.2, 0.25) is 0 Å². The summed E-state index contributed by atoms with van der Waals surface area (Å²) >= 11 is 0. The fraction of sp³-hybridized carbons (Fsp3) is 0.917. The molecule has 0 bridgehead atoms. The molecule has 1 fully saturated rings. The molecule has 0 aliphatic heterocycles. The fourth-order valence-corrected chi connectivity index (χ4v) is 2.17. The third-order valence-corrected chi connectivity index (χ3v) is 3.16. The van der Waals surface area contributed by atoms with Crippen molar-refractivity contribution >= 4 is 6.03 Å². The van der Waals surface area contributed by atoms with Crippen LogP contribution in [0.4, 0.5) is 4.79 Å². The zero-order valence-electron chi connectivity index (χ0n) is 10.1. The van der Waals surface area contributed by atoms with E-state index in [0.717, 1.165) is 31.8 Å². The molecule has 88 valence electrons. The topological polar surface area (TPSA) is 32.3 Å². The third kappa shape index (κ3) is 4.54. The highest BCUT2D eigenvalue weighted by molar-refractivity contribution is 5.73. The normalized spacial score (nSPS) is 16.7. The van der Waals surface area contributed by atoms with Crippen molar-refractivity contribution < 1.29 is 4.79 Å². The van der Waals surface area contributed by atoms with Crippen LogP contribution in [0.1, 0.15) is 45.4 Å². The highest BCUT2D eigenvalue weighted by Crippen LogP contribution is 2.24. The number of rotatable bonds is 5.